The number of hydrogen-bond donors (Lipinski definition) is 3. The highest BCUT2D eigenvalue weighted by Gasteiger charge is 2.24. The first-order chi connectivity index (χ1) is 13.9. The van der Waals surface area contributed by atoms with Crippen LogP contribution in [0.4, 0.5) is 0 Å². The van der Waals surface area contributed by atoms with E-state index in [1.807, 2.05) is 20.2 Å². The molecule has 3 N–H and O–H groups in total. The van der Waals surface area contributed by atoms with E-state index >= 15 is 0 Å². The molecule has 2 aromatic rings. The number of nitrogens with zero attached hydrogens (tertiary/aromatic N) is 4. The van der Waals surface area contributed by atoms with E-state index in [0.717, 1.165) is 31.7 Å². The molecule has 0 fully saturated rings. The van der Waals surface area contributed by atoms with Crippen LogP contribution >= 0.6 is 24.0 Å². The first kappa shape index (κ1) is 26.4. The first-order valence-corrected chi connectivity index (χ1v) is 10.4. The Hall–Kier alpha value is -1.65. The second-order valence-corrected chi connectivity index (χ2v) is 7.51. The summed E-state index contributed by atoms with van der Waals surface area (Å²) in [6.07, 6.45) is 3.51. The van der Waals surface area contributed by atoms with Gasteiger partial charge in [-0.25, -0.2) is 4.99 Å². The fraction of sp³-hybridized carbons (Fsp3) is 0.545. The summed E-state index contributed by atoms with van der Waals surface area (Å²) in [7, 11) is 1.84. The fourth-order valence-corrected chi connectivity index (χ4v) is 3.10. The van der Waals surface area contributed by atoms with Crippen LogP contribution in [0.2, 0.25) is 0 Å². The molecule has 7 nitrogen and oxygen atoms in total. The summed E-state index contributed by atoms with van der Waals surface area (Å²) in [5, 5.41) is 21.4. The molecule has 1 atom stereocenters. The Labute approximate surface area is 198 Å². The summed E-state index contributed by atoms with van der Waals surface area (Å²) in [5.74, 6) is 0.686. The third-order valence-electron chi connectivity index (χ3n) is 4.98. The molecule has 1 unspecified atom stereocenters. The van der Waals surface area contributed by atoms with Crippen molar-refractivity contribution in [2.45, 2.75) is 46.4 Å². The van der Waals surface area contributed by atoms with Gasteiger partial charge in [0, 0.05) is 31.9 Å². The quantitative estimate of drug-likeness (QED) is 0.251. The minimum absolute atomic E-state index is 0. The van der Waals surface area contributed by atoms with Crippen LogP contribution in [0.5, 0.6) is 0 Å². The van der Waals surface area contributed by atoms with E-state index < -0.39 is 5.60 Å². The molecule has 8 heteroatoms. The van der Waals surface area contributed by atoms with E-state index in [2.05, 4.69) is 58.7 Å². The molecule has 1 aromatic heterocycles. The zero-order chi connectivity index (χ0) is 21.3. The number of aliphatic hydroxyl groups is 1. The number of aryl methyl sites for hydroxylation is 1. The third kappa shape index (κ3) is 8.23. The van der Waals surface area contributed by atoms with Gasteiger partial charge in [0.2, 0.25) is 0 Å². The van der Waals surface area contributed by atoms with E-state index in [9.17, 15) is 5.11 Å². The molecule has 0 amide bonds. The lowest BCUT2D eigenvalue weighted by atomic mass is 10.00. The lowest BCUT2D eigenvalue weighted by molar-refractivity contribution is 0.0616. The largest absolute Gasteiger partial charge is 0.383 e. The molecule has 0 aliphatic carbocycles. The van der Waals surface area contributed by atoms with Crippen molar-refractivity contribution in [2.24, 2.45) is 12.0 Å². The van der Waals surface area contributed by atoms with Crippen LogP contribution in [0.25, 0.3) is 0 Å². The summed E-state index contributed by atoms with van der Waals surface area (Å²) in [6.45, 7) is 12.9. The minimum atomic E-state index is -1.03. The van der Waals surface area contributed by atoms with Gasteiger partial charge in [-0.15, -0.1) is 24.0 Å². The molecule has 168 valence electrons. The topological polar surface area (TPSA) is 77.7 Å². The molecule has 1 aromatic carbocycles. The summed E-state index contributed by atoms with van der Waals surface area (Å²) in [4.78, 5) is 7.09. The second-order valence-electron chi connectivity index (χ2n) is 7.51. The van der Waals surface area contributed by atoms with Gasteiger partial charge < -0.3 is 15.7 Å². The standard InChI is InChI=1S/C22H36N6O.HI/c1-6-23-21(25-17-22(4,29)20-14-26-27(5)16-20)24-13-18-10-9-11-19(12-18)15-28(7-2)8-3;/h9-12,14,16,29H,6-8,13,15,17H2,1-5H3,(H2,23,24,25);1H. The number of nitrogens with one attached hydrogen (secondary N) is 2. The lowest BCUT2D eigenvalue weighted by Crippen LogP contribution is -2.44. The highest BCUT2D eigenvalue weighted by molar-refractivity contribution is 14.0. The molecule has 0 bridgehead atoms. The zero-order valence-electron chi connectivity index (χ0n) is 18.9. The van der Waals surface area contributed by atoms with E-state index in [4.69, 9.17) is 4.99 Å². The third-order valence-corrected chi connectivity index (χ3v) is 4.98. The van der Waals surface area contributed by atoms with Crippen LogP contribution in [0, 0.1) is 0 Å². The number of aliphatic imine (C=N–C) groups is 1. The van der Waals surface area contributed by atoms with Crippen molar-refractivity contribution >= 4 is 29.9 Å². The van der Waals surface area contributed by atoms with Crippen molar-refractivity contribution in [1.29, 1.82) is 0 Å². The highest BCUT2D eigenvalue weighted by Crippen LogP contribution is 2.18. The number of halogens is 1. The zero-order valence-corrected chi connectivity index (χ0v) is 21.2. The normalized spacial score (nSPS) is 13.6. The van der Waals surface area contributed by atoms with Gasteiger partial charge in [-0.05, 0) is 38.1 Å². The van der Waals surface area contributed by atoms with Crippen LogP contribution in [0.3, 0.4) is 0 Å². The first-order valence-electron chi connectivity index (χ1n) is 10.4. The van der Waals surface area contributed by atoms with Crippen molar-refractivity contribution in [1.82, 2.24) is 25.3 Å². The summed E-state index contributed by atoms with van der Waals surface area (Å²) < 4.78 is 1.69. The van der Waals surface area contributed by atoms with Gasteiger partial charge in [0.25, 0.3) is 0 Å². The van der Waals surface area contributed by atoms with E-state index in [1.165, 1.54) is 11.1 Å². The molecule has 0 aliphatic rings. The van der Waals surface area contributed by atoms with Crippen LogP contribution in [-0.2, 0) is 25.7 Å². The second kappa shape index (κ2) is 12.9. The average Bonchev–Trinajstić information content (AvgIpc) is 3.16. The number of hydrogen-bond acceptors (Lipinski definition) is 4. The Morgan fingerprint density at radius 1 is 1.20 bits per heavy atom. The molecule has 0 saturated heterocycles. The van der Waals surface area contributed by atoms with Crippen LogP contribution in [-0.4, -0.2) is 51.9 Å². The molecule has 0 radical (unpaired) electrons. The predicted molar refractivity (Wildman–Crippen MR) is 134 cm³/mol. The van der Waals surface area contributed by atoms with Crippen molar-refractivity contribution in [2.75, 3.05) is 26.2 Å². The summed E-state index contributed by atoms with van der Waals surface area (Å²) in [6, 6.07) is 8.58. The maximum Gasteiger partial charge on any atom is 0.191 e. The lowest BCUT2D eigenvalue weighted by Gasteiger charge is -2.23. The van der Waals surface area contributed by atoms with E-state index in [0.29, 0.717) is 19.0 Å². The summed E-state index contributed by atoms with van der Waals surface area (Å²) in [5.41, 5.74) is 2.21. The molecular weight excluding hydrogens is 491 g/mol. The molecule has 30 heavy (non-hydrogen) atoms. The van der Waals surface area contributed by atoms with E-state index in [1.54, 1.807) is 17.8 Å². The smallest absolute Gasteiger partial charge is 0.191 e. The Morgan fingerprint density at radius 3 is 2.50 bits per heavy atom. The predicted octanol–water partition coefficient (Wildman–Crippen LogP) is 2.84. The maximum absolute atomic E-state index is 10.8. The molecule has 1 heterocycles. The fourth-order valence-electron chi connectivity index (χ4n) is 3.10. The average molecular weight is 528 g/mol. The Morgan fingerprint density at radius 2 is 1.90 bits per heavy atom. The Kier molecular flexibility index (Phi) is 11.4. The Bertz CT molecular complexity index is 785. The number of rotatable bonds is 10. The van der Waals surface area contributed by atoms with Crippen molar-refractivity contribution in [3.05, 3.63) is 53.3 Å². The van der Waals surface area contributed by atoms with E-state index in [-0.39, 0.29) is 24.0 Å². The number of guanidine groups is 1. The van der Waals surface area contributed by atoms with Crippen LogP contribution in [0.15, 0.2) is 41.7 Å². The minimum Gasteiger partial charge on any atom is -0.383 e. The molecule has 0 aliphatic heterocycles. The van der Waals surface area contributed by atoms with Gasteiger partial charge >= 0.3 is 0 Å². The maximum atomic E-state index is 10.8. The van der Waals surface area contributed by atoms with Crippen molar-refractivity contribution in [3.63, 3.8) is 0 Å². The number of benzene rings is 1. The Balaban J connectivity index is 0.00000450. The molecule has 2 rings (SSSR count). The molecule has 0 saturated carbocycles. The monoisotopic (exact) mass is 528 g/mol. The van der Waals surface area contributed by atoms with Crippen LogP contribution in [0.1, 0.15) is 44.4 Å². The molecule has 0 spiro atoms. The van der Waals surface area contributed by atoms with Gasteiger partial charge in [0.05, 0.1) is 19.3 Å². The number of aromatic nitrogens is 2. The van der Waals surface area contributed by atoms with Gasteiger partial charge in [-0.3, -0.25) is 9.58 Å². The van der Waals surface area contributed by atoms with Gasteiger partial charge in [0.1, 0.15) is 5.60 Å². The highest BCUT2D eigenvalue weighted by atomic mass is 127. The SMILES string of the molecule is CCNC(=NCc1cccc(CN(CC)CC)c1)NCC(C)(O)c1cnn(C)c1.I. The van der Waals surface area contributed by atoms with Crippen molar-refractivity contribution in [3.8, 4) is 0 Å². The summed E-state index contributed by atoms with van der Waals surface area (Å²) >= 11 is 0. The van der Waals surface area contributed by atoms with Gasteiger partial charge in [-0.2, -0.15) is 5.10 Å². The van der Waals surface area contributed by atoms with Crippen LogP contribution < -0.4 is 10.6 Å². The van der Waals surface area contributed by atoms with Gasteiger partial charge in [-0.1, -0.05) is 38.1 Å². The van der Waals surface area contributed by atoms with Gasteiger partial charge in [0.15, 0.2) is 5.96 Å². The van der Waals surface area contributed by atoms with Crippen molar-refractivity contribution < 1.29 is 5.11 Å². The molecular formula is C22H37IN6O.